The van der Waals surface area contributed by atoms with Gasteiger partial charge < -0.3 is 10.2 Å². The number of hydrogen-bond donors (Lipinski definition) is 1. The Balaban J connectivity index is 1.30. The Hall–Kier alpha value is -1.98. The fourth-order valence-corrected chi connectivity index (χ4v) is 8.58. The Bertz CT molecular complexity index is 1160. The molecule has 0 bridgehead atoms. The molecule has 3 saturated heterocycles. The van der Waals surface area contributed by atoms with Crippen LogP contribution in [0.2, 0.25) is 0 Å². The van der Waals surface area contributed by atoms with Gasteiger partial charge in [-0.1, -0.05) is 12.1 Å². The number of piperidine rings is 1. The zero-order valence-electron chi connectivity index (χ0n) is 17.8. The van der Waals surface area contributed by atoms with Crippen molar-refractivity contribution < 1.29 is 21.6 Å². The maximum Gasteiger partial charge on any atom is 0.285 e. The van der Waals surface area contributed by atoms with E-state index < -0.39 is 25.9 Å². The van der Waals surface area contributed by atoms with Crippen LogP contribution in [0.3, 0.4) is 0 Å². The molecule has 0 aliphatic carbocycles. The second-order valence-corrected chi connectivity index (χ2v) is 12.9. The van der Waals surface area contributed by atoms with Crippen molar-refractivity contribution in [3.8, 4) is 0 Å². The molecule has 4 heterocycles. The quantitative estimate of drug-likeness (QED) is 0.658. The van der Waals surface area contributed by atoms with Crippen molar-refractivity contribution >= 4 is 31.6 Å². The van der Waals surface area contributed by atoms with Crippen molar-refractivity contribution in [3.05, 3.63) is 29.8 Å². The molecule has 0 spiro atoms. The van der Waals surface area contributed by atoms with E-state index in [1.54, 1.807) is 24.3 Å². The van der Waals surface area contributed by atoms with Crippen LogP contribution >= 0.6 is 0 Å². The van der Waals surface area contributed by atoms with Crippen molar-refractivity contribution in [2.45, 2.75) is 42.7 Å². The molecule has 1 N–H and O–H groups in total. The van der Waals surface area contributed by atoms with Crippen LogP contribution in [0, 0.1) is 5.92 Å². The number of nitrogens with one attached hydrogen (secondary N) is 1. The molecule has 4 aliphatic heterocycles. The number of amidine groups is 1. The van der Waals surface area contributed by atoms with E-state index in [2.05, 4.69) is 14.6 Å². The van der Waals surface area contributed by atoms with Gasteiger partial charge in [0.05, 0.1) is 23.5 Å². The van der Waals surface area contributed by atoms with Crippen molar-refractivity contribution in [3.63, 3.8) is 0 Å². The zero-order valence-corrected chi connectivity index (χ0v) is 19.4. The molecule has 9 nitrogen and oxygen atoms in total. The molecule has 1 aromatic rings. The van der Waals surface area contributed by atoms with E-state index in [4.69, 9.17) is 0 Å². The van der Waals surface area contributed by atoms with E-state index in [-0.39, 0.29) is 34.3 Å². The Morgan fingerprint density at radius 2 is 1.75 bits per heavy atom. The molecule has 5 rings (SSSR count). The number of benzene rings is 1. The monoisotopic (exact) mass is 480 g/mol. The summed E-state index contributed by atoms with van der Waals surface area (Å²) in [5.74, 6) is -0.0221. The van der Waals surface area contributed by atoms with Crippen molar-refractivity contribution in [1.29, 1.82) is 0 Å². The number of likely N-dealkylation sites (tertiary alicyclic amines) is 2. The van der Waals surface area contributed by atoms with Crippen LogP contribution in [0.1, 0.15) is 31.2 Å². The first kappa shape index (κ1) is 21.8. The molecule has 1 aromatic carbocycles. The number of sulfonamides is 1. The van der Waals surface area contributed by atoms with Gasteiger partial charge >= 0.3 is 0 Å². The van der Waals surface area contributed by atoms with E-state index in [1.165, 1.54) is 0 Å². The zero-order chi connectivity index (χ0) is 22.5. The lowest BCUT2D eigenvalue weighted by Crippen LogP contribution is -2.53. The summed E-state index contributed by atoms with van der Waals surface area (Å²) in [5, 5.41) is 3.03. The Kier molecular flexibility index (Phi) is 5.53. The summed E-state index contributed by atoms with van der Waals surface area (Å²) in [5.41, 5.74) is 0.574. The molecule has 11 heteroatoms. The van der Waals surface area contributed by atoms with Gasteiger partial charge in [0.2, 0.25) is 5.91 Å². The SMILES string of the molecule is O=C(NC1CS(=O)(=O)CC1N1CCCC1)C1CCCN(C2=NS(=O)(=O)c3ccccc32)C1. The molecule has 0 aromatic heterocycles. The van der Waals surface area contributed by atoms with E-state index in [1.807, 2.05) is 4.90 Å². The van der Waals surface area contributed by atoms with Crippen LogP contribution in [0.5, 0.6) is 0 Å². The minimum Gasteiger partial charge on any atom is -0.355 e. The topological polar surface area (TPSA) is 116 Å². The van der Waals surface area contributed by atoms with Crippen LogP contribution in [-0.4, -0.2) is 88.1 Å². The minimum absolute atomic E-state index is 0.0192. The molecule has 3 atom stereocenters. The maximum atomic E-state index is 13.1. The number of fused-ring (bicyclic) bond motifs is 1. The van der Waals surface area contributed by atoms with Crippen LogP contribution in [0.25, 0.3) is 0 Å². The Labute approximate surface area is 188 Å². The number of sulfone groups is 1. The average Bonchev–Trinajstić information content (AvgIpc) is 3.45. The Morgan fingerprint density at radius 1 is 1.00 bits per heavy atom. The van der Waals surface area contributed by atoms with E-state index in [0.29, 0.717) is 30.9 Å². The van der Waals surface area contributed by atoms with E-state index >= 15 is 0 Å². The molecule has 4 aliphatic rings. The maximum absolute atomic E-state index is 13.1. The summed E-state index contributed by atoms with van der Waals surface area (Å²) < 4.78 is 53.5. The van der Waals surface area contributed by atoms with Gasteiger partial charge in [-0.3, -0.25) is 9.69 Å². The first-order valence-electron chi connectivity index (χ1n) is 11.2. The number of rotatable bonds is 3. The second-order valence-electron chi connectivity index (χ2n) is 9.17. The number of carbonyl (C=O) groups is 1. The van der Waals surface area contributed by atoms with Crippen molar-refractivity contribution in [1.82, 2.24) is 15.1 Å². The number of hydrogen-bond acceptors (Lipinski definition) is 7. The molecule has 0 radical (unpaired) electrons. The highest BCUT2D eigenvalue weighted by atomic mass is 32.2. The number of amides is 1. The third-order valence-corrected chi connectivity index (χ3v) is 10.0. The largest absolute Gasteiger partial charge is 0.355 e. The fourth-order valence-electron chi connectivity index (χ4n) is 5.40. The smallest absolute Gasteiger partial charge is 0.285 e. The van der Waals surface area contributed by atoms with Crippen molar-refractivity contribution in [2.24, 2.45) is 10.3 Å². The van der Waals surface area contributed by atoms with Gasteiger partial charge in [0, 0.05) is 24.7 Å². The second kappa shape index (κ2) is 8.11. The molecule has 0 saturated carbocycles. The molecule has 32 heavy (non-hydrogen) atoms. The normalized spacial score (nSPS) is 31.3. The van der Waals surface area contributed by atoms with Crippen LogP contribution in [-0.2, 0) is 24.7 Å². The summed E-state index contributed by atoms with van der Waals surface area (Å²) in [6.07, 6.45) is 3.53. The minimum atomic E-state index is -3.72. The van der Waals surface area contributed by atoms with Crippen LogP contribution < -0.4 is 5.32 Å². The highest BCUT2D eigenvalue weighted by Gasteiger charge is 2.43. The lowest BCUT2D eigenvalue weighted by molar-refractivity contribution is -0.127. The highest BCUT2D eigenvalue weighted by Crippen LogP contribution is 2.30. The van der Waals surface area contributed by atoms with Gasteiger partial charge in [0.15, 0.2) is 15.7 Å². The summed E-state index contributed by atoms with van der Waals surface area (Å²) in [6.45, 7) is 2.73. The summed E-state index contributed by atoms with van der Waals surface area (Å²) in [7, 11) is -6.90. The summed E-state index contributed by atoms with van der Waals surface area (Å²) in [4.78, 5) is 17.4. The predicted molar refractivity (Wildman–Crippen MR) is 120 cm³/mol. The van der Waals surface area contributed by atoms with Gasteiger partial charge in [0.25, 0.3) is 10.0 Å². The summed E-state index contributed by atoms with van der Waals surface area (Å²) in [6, 6.07) is 6.19. The molecular weight excluding hydrogens is 452 g/mol. The first-order valence-corrected chi connectivity index (χ1v) is 14.4. The molecule has 3 unspecified atom stereocenters. The van der Waals surface area contributed by atoms with Crippen LogP contribution in [0.4, 0.5) is 0 Å². The first-order chi connectivity index (χ1) is 15.2. The lowest BCUT2D eigenvalue weighted by atomic mass is 9.95. The number of carbonyl (C=O) groups excluding carboxylic acids is 1. The highest BCUT2D eigenvalue weighted by molar-refractivity contribution is 7.91. The third kappa shape index (κ3) is 4.06. The fraction of sp³-hybridized carbons (Fsp3) is 0.619. The molecular formula is C21H28N4O5S2. The van der Waals surface area contributed by atoms with Gasteiger partial charge in [-0.15, -0.1) is 4.40 Å². The average molecular weight is 481 g/mol. The third-order valence-electron chi connectivity index (χ3n) is 6.96. The van der Waals surface area contributed by atoms with Gasteiger partial charge in [-0.25, -0.2) is 8.42 Å². The van der Waals surface area contributed by atoms with Crippen molar-refractivity contribution in [2.75, 3.05) is 37.7 Å². The molecule has 174 valence electrons. The van der Waals surface area contributed by atoms with Gasteiger partial charge in [-0.2, -0.15) is 8.42 Å². The van der Waals surface area contributed by atoms with Gasteiger partial charge in [-0.05, 0) is 50.9 Å². The summed E-state index contributed by atoms with van der Waals surface area (Å²) >= 11 is 0. The lowest BCUT2D eigenvalue weighted by Gasteiger charge is -2.35. The standard InChI is InChI=1S/C21H28N4O5S2/c26-21(22-17-13-31(27,28)14-18(17)24-9-3-4-10-24)15-6-5-11-25(12-15)20-16-7-1-2-8-19(16)32(29,30)23-20/h1-2,7-8,15,17-18H,3-6,9-14H2,(H,22,26). The predicted octanol–water partition coefficient (Wildman–Crippen LogP) is 0.225. The molecule has 1 amide bonds. The van der Waals surface area contributed by atoms with E-state index in [9.17, 15) is 21.6 Å². The van der Waals surface area contributed by atoms with Crippen LogP contribution in [0.15, 0.2) is 33.6 Å². The van der Waals surface area contributed by atoms with Gasteiger partial charge in [0.1, 0.15) is 4.90 Å². The number of nitrogens with zero attached hydrogens (tertiary/aromatic N) is 3. The van der Waals surface area contributed by atoms with E-state index in [0.717, 1.165) is 32.4 Å². The Morgan fingerprint density at radius 3 is 2.53 bits per heavy atom. The molecule has 3 fully saturated rings.